The Kier molecular flexibility index (Phi) is 4.04. The van der Waals surface area contributed by atoms with Gasteiger partial charge in [0.25, 0.3) is 0 Å². The molecule has 1 atom stereocenters. The molecule has 0 unspecified atom stereocenters. The van der Waals surface area contributed by atoms with E-state index in [1.165, 1.54) is 9.36 Å². The second-order valence-electron chi connectivity index (χ2n) is 5.44. The van der Waals surface area contributed by atoms with Crippen LogP contribution in [0.15, 0.2) is 35.1 Å². The fraction of sp³-hybridized carbons (Fsp3) is 0.467. The van der Waals surface area contributed by atoms with Crippen molar-refractivity contribution in [1.29, 1.82) is 0 Å². The predicted molar refractivity (Wildman–Crippen MR) is 80.8 cm³/mol. The Hall–Kier alpha value is -2.44. The van der Waals surface area contributed by atoms with Crippen LogP contribution in [0.3, 0.4) is 0 Å². The second kappa shape index (κ2) is 6.13. The highest BCUT2D eigenvalue weighted by atomic mass is 16.2. The Morgan fingerprint density at radius 2 is 2.05 bits per heavy atom. The van der Waals surface area contributed by atoms with Crippen LogP contribution in [0.5, 0.6) is 0 Å². The highest BCUT2D eigenvalue weighted by Crippen LogP contribution is 2.19. The number of nitrogens with zero attached hydrogens (tertiary/aromatic N) is 5. The van der Waals surface area contributed by atoms with Gasteiger partial charge in [-0.3, -0.25) is 4.79 Å². The average Bonchev–Trinajstić information content (AvgIpc) is 2.96. The maximum absolute atomic E-state index is 12.5. The number of hydrogen-bond acceptors (Lipinski definition) is 4. The molecule has 0 N–H and O–H groups in total. The molecule has 1 aliphatic rings. The van der Waals surface area contributed by atoms with E-state index in [0.29, 0.717) is 18.7 Å². The Morgan fingerprint density at radius 1 is 1.27 bits per heavy atom. The average molecular weight is 301 g/mol. The lowest BCUT2D eigenvalue weighted by molar-refractivity contribution is -0.132. The summed E-state index contributed by atoms with van der Waals surface area (Å²) in [7, 11) is 0. The van der Waals surface area contributed by atoms with Gasteiger partial charge in [-0.2, -0.15) is 9.36 Å². The summed E-state index contributed by atoms with van der Waals surface area (Å²) < 4.78 is 2.70. The number of carbonyl (C=O) groups is 1. The summed E-state index contributed by atoms with van der Waals surface area (Å²) in [6.07, 6.45) is 2.19. The number of piperidine rings is 1. The van der Waals surface area contributed by atoms with Gasteiger partial charge in [0.15, 0.2) is 0 Å². The molecule has 1 aromatic carbocycles. The quantitative estimate of drug-likeness (QED) is 0.848. The van der Waals surface area contributed by atoms with E-state index in [1.807, 2.05) is 42.2 Å². The molecule has 0 radical (unpaired) electrons. The van der Waals surface area contributed by atoms with E-state index in [-0.39, 0.29) is 17.6 Å². The standard InChI is InChI=1S/C15H19N5O2/c1-2-14(21)18-10-6-9-13(11-18)20-15(22)19(16-17-20)12-7-4-3-5-8-12/h3-5,7-8,13H,2,6,9-11H2,1H3/t13-/m1/s1. The van der Waals surface area contributed by atoms with Gasteiger partial charge in [0.1, 0.15) is 0 Å². The lowest BCUT2D eigenvalue weighted by Crippen LogP contribution is -2.43. The summed E-state index contributed by atoms with van der Waals surface area (Å²) in [5, 5.41) is 7.98. The fourth-order valence-corrected chi connectivity index (χ4v) is 2.82. The molecule has 0 aliphatic carbocycles. The van der Waals surface area contributed by atoms with Gasteiger partial charge >= 0.3 is 5.69 Å². The van der Waals surface area contributed by atoms with E-state index >= 15 is 0 Å². The molecule has 1 fully saturated rings. The van der Waals surface area contributed by atoms with E-state index in [4.69, 9.17) is 0 Å². The molecule has 1 aliphatic heterocycles. The van der Waals surface area contributed by atoms with Crippen LogP contribution in [-0.2, 0) is 4.79 Å². The van der Waals surface area contributed by atoms with E-state index in [2.05, 4.69) is 10.4 Å². The van der Waals surface area contributed by atoms with Crippen molar-refractivity contribution in [2.24, 2.45) is 0 Å². The molecule has 0 bridgehead atoms. The molecule has 7 heteroatoms. The van der Waals surface area contributed by atoms with E-state index in [1.54, 1.807) is 0 Å². The molecule has 0 saturated carbocycles. The van der Waals surface area contributed by atoms with E-state index < -0.39 is 0 Å². The van der Waals surface area contributed by atoms with Gasteiger partial charge in [0.05, 0.1) is 11.7 Å². The number of para-hydroxylation sites is 1. The molecule has 7 nitrogen and oxygen atoms in total. The first-order chi connectivity index (χ1) is 10.7. The van der Waals surface area contributed by atoms with Crippen molar-refractivity contribution >= 4 is 5.91 Å². The number of rotatable bonds is 3. The van der Waals surface area contributed by atoms with Gasteiger partial charge in [0.2, 0.25) is 5.91 Å². The summed E-state index contributed by atoms with van der Waals surface area (Å²) in [6, 6.07) is 9.11. The van der Waals surface area contributed by atoms with Crippen LogP contribution < -0.4 is 5.69 Å². The monoisotopic (exact) mass is 301 g/mol. The zero-order chi connectivity index (χ0) is 15.5. The number of likely N-dealkylation sites (tertiary alicyclic amines) is 1. The number of aromatic nitrogens is 4. The number of carbonyl (C=O) groups excluding carboxylic acids is 1. The Bertz CT molecular complexity index is 706. The Morgan fingerprint density at radius 3 is 2.77 bits per heavy atom. The smallest absolute Gasteiger partial charge is 0.341 e. The van der Waals surface area contributed by atoms with E-state index in [0.717, 1.165) is 19.4 Å². The largest absolute Gasteiger partial charge is 0.368 e. The normalized spacial score (nSPS) is 18.4. The number of tetrazole rings is 1. The maximum Gasteiger partial charge on any atom is 0.368 e. The van der Waals surface area contributed by atoms with Crippen molar-refractivity contribution in [3.05, 3.63) is 40.8 Å². The molecule has 3 rings (SSSR count). The van der Waals surface area contributed by atoms with Crippen LogP contribution in [0, 0.1) is 0 Å². The molecule has 1 aromatic heterocycles. The minimum absolute atomic E-state index is 0.103. The number of benzene rings is 1. The molecule has 22 heavy (non-hydrogen) atoms. The van der Waals surface area contributed by atoms with Crippen molar-refractivity contribution in [3.8, 4) is 5.69 Å². The fourth-order valence-electron chi connectivity index (χ4n) is 2.82. The third kappa shape index (κ3) is 2.66. The molecular formula is C15H19N5O2. The summed E-state index contributed by atoms with van der Waals surface area (Å²) >= 11 is 0. The Labute approximate surface area is 128 Å². The summed E-state index contributed by atoms with van der Waals surface area (Å²) in [5.74, 6) is 0.119. The highest BCUT2D eigenvalue weighted by molar-refractivity contribution is 5.75. The maximum atomic E-state index is 12.5. The zero-order valence-electron chi connectivity index (χ0n) is 12.6. The highest BCUT2D eigenvalue weighted by Gasteiger charge is 2.26. The van der Waals surface area contributed by atoms with Crippen molar-refractivity contribution < 1.29 is 4.79 Å². The molecular weight excluding hydrogens is 282 g/mol. The topological polar surface area (TPSA) is 73.0 Å². The summed E-state index contributed by atoms with van der Waals surface area (Å²) in [4.78, 5) is 26.2. The number of amides is 1. The first-order valence-corrected chi connectivity index (χ1v) is 7.58. The van der Waals surface area contributed by atoms with Crippen LogP contribution in [0.4, 0.5) is 0 Å². The van der Waals surface area contributed by atoms with Crippen LogP contribution in [-0.4, -0.2) is 43.7 Å². The van der Waals surface area contributed by atoms with Gasteiger partial charge < -0.3 is 4.90 Å². The van der Waals surface area contributed by atoms with Crippen LogP contribution in [0.25, 0.3) is 5.69 Å². The van der Waals surface area contributed by atoms with Crippen LogP contribution >= 0.6 is 0 Å². The SMILES string of the molecule is CCC(=O)N1CCC[C@@H](n2nnn(-c3ccccc3)c2=O)C1. The molecule has 0 spiro atoms. The van der Waals surface area contributed by atoms with Gasteiger partial charge in [-0.25, -0.2) is 4.79 Å². The zero-order valence-corrected chi connectivity index (χ0v) is 12.6. The van der Waals surface area contributed by atoms with Gasteiger partial charge in [-0.15, -0.1) is 0 Å². The van der Waals surface area contributed by atoms with Gasteiger partial charge in [-0.1, -0.05) is 25.1 Å². The Balaban J connectivity index is 1.85. The minimum Gasteiger partial charge on any atom is -0.341 e. The van der Waals surface area contributed by atoms with Crippen molar-refractivity contribution in [3.63, 3.8) is 0 Å². The number of hydrogen-bond donors (Lipinski definition) is 0. The summed E-state index contributed by atoms with van der Waals surface area (Å²) in [5.41, 5.74) is 0.429. The first-order valence-electron chi connectivity index (χ1n) is 7.58. The molecule has 1 saturated heterocycles. The first kappa shape index (κ1) is 14.5. The van der Waals surface area contributed by atoms with Crippen molar-refractivity contribution in [2.75, 3.05) is 13.1 Å². The van der Waals surface area contributed by atoms with Crippen molar-refractivity contribution in [2.45, 2.75) is 32.2 Å². The molecule has 1 amide bonds. The molecule has 2 heterocycles. The predicted octanol–water partition coefficient (Wildman–Crippen LogP) is 1.00. The minimum atomic E-state index is -0.262. The molecule has 2 aromatic rings. The third-order valence-corrected chi connectivity index (χ3v) is 4.00. The molecule has 116 valence electrons. The van der Waals surface area contributed by atoms with E-state index in [9.17, 15) is 9.59 Å². The summed E-state index contributed by atoms with van der Waals surface area (Å²) in [6.45, 7) is 3.13. The van der Waals surface area contributed by atoms with Crippen molar-refractivity contribution in [1.82, 2.24) is 24.7 Å². The van der Waals surface area contributed by atoms with Crippen LogP contribution in [0.1, 0.15) is 32.2 Å². The van der Waals surface area contributed by atoms with Gasteiger partial charge in [0, 0.05) is 19.5 Å². The third-order valence-electron chi connectivity index (χ3n) is 4.00. The van der Waals surface area contributed by atoms with Crippen LogP contribution in [0.2, 0.25) is 0 Å². The van der Waals surface area contributed by atoms with Gasteiger partial charge in [-0.05, 0) is 35.4 Å². The lowest BCUT2D eigenvalue weighted by Gasteiger charge is -2.31. The lowest BCUT2D eigenvalue weighted by atomic mass is 10.1. The second-order valence-corrected chi connectivity index (χ2v) is 5.44.